The first-order valence-electron chi connectivity index (χ1n) is 3.05. The molecule has 0 aromatic heterocycles. The Bertz CT molecular complexity index is 349. The van der Waals surface area contributed by atoms with Crippen LogP contribution in [-0.2, 0) is 4.57 Å². The van der Waals surface area contributed by atoms with Crippen molar-refractivity contribution >= 4 is 18.5 Å². The molecule has 1 unspecified atom stereocenters. The third kappa shape index (κ3) is 0.768. The van der Waals surface area contributed by atoms with Gasteiger partial charge in [0.1, 0.15) is 11.1 Å². The Labute approximate surface area is 63.0 Å². The molecule has 0 saturated heterocycles. The van der Waals surface area contributed by atoms with Gasteiger partial charge in [-0.25, -0.2) is 0 Å². The fraction of sp³-hybridized carbons (Fsp3) is 0. The van der Waals surface area contributed by atoms with E-state index in [-0.39, 0.29) is 11.1 Å². The van der Waals surface area contributed by atoms with Gasteiger partial charge in [-0.1, -0.05) is 6.07 Å². The molecule has 1 atom stereocenters. The number of rotatable bonds is 0. The summed E-state index contributed by atoms with van der Waals surface area (Å²) in [6.07, 6.45) is 0. The van der Waals surface area contributed by atoms with Gasteiger partial charge in [0, 0.05) is 0 Å². The summed E-state index contributed by atoms with van der Waals surface area (Å²) in [6, 6.07) is 4.64. The average molecular weight is 171 g/mol. The second kappa shape index (κ2) is 1.78. The molecule has 2 rings (SSSR count). The van der Waals surface area contributed by atoms with Gasteiger partial charge in [-0.2, -0.15) is 0 Å². The second-order valence-electron chi connectivity index (χ2n) is 2.36. The van der Waals surface area contributed by atoms with E-state index in [0.29, 0.717) is 5.69 Å². The highest BCUT2D eigenvalue weighted by Crippen LogP contribution is 2.52. The quantitative estimate of drug-likeness (QED) is 0.500. The lowest BCUT2D eigenvalue weighted by molar-refractivity contribution is 0.468. The van der Waals surface area contributed by atoms with Crippen LogP contribution in [0.1, 0.15) is 0 Å². The molecular formula is C6H6NO3P. The first-order valence-corrected chi connectivity index (χ1v) is 4.71. The van der Waals surface area contributed by atoms with Crippen molar-refractivity contribution in [2.24, 2.45) is 0 Å². The smallest absolute Gasteiger partial charge is 0.327 e. The van der Waals surface area contributed by atoms with Gasteiger partial charge in [-0.15, -0.1) is 0 Å². The van der Waals surface area contributed by atoms with E-state index in [0.717, 1.165) is 0 Å². The zero-order valence-corrected chi connectivity index (χ0v) is 6.38. The zero-order valence-electron chi connectivity index (χ0n) is 5.48. The zero-order chi connectivity index (χ0) is 8.06. The van der Waals surface area contributed by atoms with Crippen LogP contribution in [0.25, 0.3) is 0 Å². The van der Waals surface area contributed by atoms with Crippen molar-refractivity contribution in [1.29, 1.82) is 0 Å². The fourth-order valence-electron chi connectivity index (χ4n) is 1.11. The van der Waals surface area contributed by atoms with Crippen molar-refractivity contribution in [2.75, 3.05) is 5.09 Å². The van der Waals surface area contributed by atoms with E-state index in [1.54, 1.807) is 12.1 Å². The summed E-state index contributed by atoms with van der Waals surface area (Å²) in [5.74, 6) is -0.118. The predicted molar refractivity (Wildman–Crippen MR) is 41.2 cm³/mol. The second-order valence-corrected chi connectivity index (χ2v) is 4.18. The first kappa shape index (κ1) is 6.70. The van der Waals surface area contributed by atoms with Crippen molar-refractivity contribution in [2.45, 2.75) is 0 Å². The van der Waals surface area contributed by atoms with Crippen LogP contribution < -0.4 is 10.4 Å². The highest BCUT2D eigenvalue weighted by atomic mass is 31.2. The van der Waals surface area contributed by atoms with E-state index < -0.39 is 7.52 Å². The highest BCUT2D eigenvalue weighted by molar-refractivity contribution is 7.70. The van der Waals surface area contributed by atoms with E-state index in [9.17, 15) is 4.57 Å². The standard InChI is InChI=1S/C6H6NO3P/c8-5-3-1-2-4-6(5)11(9,10)7-4/h1-3,8H,(H2,7,9,10). The summed E-state index contributed by atoms with van der Waals surface area (Å²) in [6.45, 7) is 0. The number of aromatic hydroxyl groups is 1. The molecule has 0 radical (unpaired) electrons. The van der Waals surface area contributed by atoms with Crippen molar-refractivity contribution < 1.29 is 14.6 Å². The lowest BCUT2D eigenvalue weighted by Crippen LogP contribution is -2.25. The third-order valence-corrected chi connectivity index (χ3v) is 3.21. The number of hydrogen-bond acceptors (Lipinski definition) is 2. The van der Waals surface area contributed by atoms with Crippen LogP contribution in [0.15, 0.2) is 18.2 Å². The number of anilines is 1. The third-order valence-electron chi connectivity index (χ3n) is 1.59. The van der Waals surface area contributed by atoms with Gasteiger partial charge in [0.25, 0.3) is 0 Å². The minimum absolute atomic E-state index is 0.118. The number of benzene rings is 1. The number of nitrogens with one attached hydrogen (secondary N) is 1. The minimum Gasteiger partial charge on any atom is -0.507 e. The summed E-state index contributed by atoms with van der Waals surface area (Å²) in [4.78, 5) is 9.03. The summed E-state index contributed by atoms with van der Waals surface area (Å²) in [7, 11) is -3.39. The predicted octanol–water partition coefficient (Wildman–Crippen LogP) is 0.628. The Balaban J connectivity index is 2.70. The van der Waals surface area contributed by atoms with Gasteiger partial charge in [0.2, 0.25) is 0 Å². The Hall–Kier alpha value is -0.990. The number of hydrogen-bond donors (Lipinski definition) is 3. The Kier molecular flexibility index (Phi) is 1.09. The Morgan fingerprint density at radius 2 is 2.18 bits per heavy atom. The summed E-state index contributed by atoms with van der Waals surface area (Å²) >= 11 is 0. The molecule has 0 amide bonds. The van der Waals surface area contributed by atoms with Crippen LogP contribution in [0.3, 0.4) is 0 Å². The van der Waals surface area contributed by atoms with Crippen LogP contribution in [0.5, 0.6) is 5.75 Å². The Morgan fingerprint density at radius 1 is 1.45 bits per heavy atom. The van der Waals surface area contributed by atoms with Crippen LogP contribution in [0.4, 0.5) is 5.69 Å². The van der Waals surface area contributed by atoms with Crippen molar-refractivity contribution in [3.63, 3.8) is 0 Å². The van der Waals surface area contributed by atoms with Gasteiger partial charge in [0.15, 0.2) is 0 Å². The molecule has 5 heteroatoms. The molecule has 3 N–H and O–H groups in total. The van der Waals surface area contributed by atoms with E-state index in [1.807, 2.05) is 0 Å². The van der Waals surface area contributed by atoms with Crippen LogP contribution >= 0.6 is 7.52 Å². The number of phenolic OH excluding ortho intramolecular Hbond substituents is 1. The van der Waals surface area contributed by atoms with Crippen LogP contribution in [0.2, 0.25) is 0 Å². The minimum atomic E-state index is -3.39. The average Bonchev–Trinajstić information content (AvgIpc) is 1.84. The molecule has 1 aliphatic rings. The van der Waals surface area contributed by atoms with E-state index in [4.69, 9.17) is 10.00 Å². The molecule has 1 aliphatic heterocycles. The maximum absolute atomic E-state index is 11.0. The fourth-order valence-corrected chi connectivity index (χ4v) is 2.41. The first-order chi connectivity index (χ1) is 5.11. The summed E-state index contributed by atoms with van der Waals surface area (Å²) < 4.78 is 11.0. The summed E-state index contributed by atoms with van der Waals surface area (Å²) in [5, 5.41) is 11.6. The SMILES string of the molecule is O=P1(O)Nc2cccc(O)c21. The lowest BCUT2D eigenvalue weighted by atomic mass is 10.3. The number of phenols is 1. The van der Waals surface area contributed by atoms with Crippen LogP contribution in [-0.4, -0.2) is 10.00 Å². The van der Waals surface area contributed by atoms with E-state index in [1.165, 1.54) is 6.07 Å². The topological polar surface area (TPSA) is 69.6 Å². The molecule has 58 valence electrons. The van der Waals surface area contributed by atoms with E-state index in [2.05, 4.69) is 5.09 Å². The Morgan fingerprint density at radius 3 is 2.64 bits per heavy atom. The van der Waals surface area contributed by atoms with Crippen LogP contribution in [0, 0.1) is 0 Å². The van der Waals surface area contributed by atoms with Gasteiger partial charge in [-0.3, -0.25) is 4.57 Å². The summed E-state index contributed by atoms with van der Waals surface area (Å²) in [5.41, 5.74) is 0.538. The molecule has 0 aliphatic carbocycles. The molecule has 0 bridgehead atoms. The normalized spacial score (nSPS) is 26.6. The molecule has 11 heavy (non-hydrogen) atoms. The molecule has 1 aromatic rings. The largest absolute Gasteiger partial charge is 0.507 e. The number of fused-ring (bicyclic) bond motifs is 1. The molecule has 0 spiro atoms. The van der Waals surface area contributed by atoms with E-state index >= 15 is 0 Å². The van der Waals surface area contributed by atoms with Gasteiger partial charge >= 0.3 is 7.52 Å². The van der Waals surface area contributed by atoms with Crippen molar-refractivity contribution in [1.82, 2.24) is 0 Å². The van der Waals surface area contributed by atoms with Crippen molar-refractivity contribution in [3.8, 4) is 5.75 Å². The maximum atomic E-state index is 11.0. The highest BCUT2D eigenvalue weighted by Gasteiger charge is 2.38. The molecule has 4 nitrogen and oxygen atoms in total. The van der Waals surface area contributed by atoms with Gasteiger partial charge in [0.05, 0.1) is 5.69 Å². The molecule has 1 aromatic carbocycles. The molecular weight excluding hydrogens is 165 g/mol. The monoisotopic (exact) mass is 171 g/mol. The molecule has 1 heterocycles. The van der Waals surface area contributed by atoms with Crippen molar-refractivity contribution in [3.05, 3.63) is 18.2 Å². The molecule has 0 saturated carbocycles. The maximum Gasteiger partial charge on any atom is 0.327 e. The van der Waals surface area contributed by atoms with Gasteiger partial charge in [-0.05, 0) is 12.1 Å². The van der Waals surface area contributed by atoms with Gasteiger partial charge < -0.3 is 15.1 Å². The molecule has 0 fully saturated rings. The lowest BCUT2D eigenvalue weighted by Gasteiger charge is -2.27.